The molecule has 19 heavy (non-hydrogen) atoms. The summed E-state index contributed by atoms with van der Waals surface area (Å²) in [5.41, 5.74) is 2.22. The monoisotopic (exact) mass is 312 g/mol. The van der Waals surface area contributed by atoms with Gasteiger partial charge in [-0.2, -0.15) is 0 Å². The van der Waals surface area contributed by atoms with Crippen molar-refractivity contribution < 1.29 is 0 Å². The Morgan fingerprint density at radius 3 is 2.42 bits per heavy atom. The molecule has 1 aromatic carbocycles. The van der Waals surface area contributed by atoms with Gasteiger partial charge in [0.05, 0.1) is 0 Å². The summed E-state index contributed by atoms with van der Waals surface area (Å²) in [5, 5.41) is 2.25. The summed E-state index contributed by atoms with van der Waals surface area (Å²) in [6.07, 6.45) is 1.51. The normalized spacial score (nSPS) is 11.0. The topological polar surface area (TPSA) is 25.8 Å². The molecule has 1 aromatic heterocycles. The van der Waals surface area contributed by atoms with Gasteiger partial charge in [-0.05, 0) is 23.6 Å². The Kier molecular flexibility index (Phi) is 5.08. The van der Waals surface area contributed by atoms with Crippen LogP contribution in [0.5, 0.6) is 0 Å². The van der Waals surface area contributed by atoms with Gasteiger partial charge in [-0.1, -0.05) is 49.2 Å². The van der Waals surface area contributed by atoms with E-state index in [-0.39, 0.29) is 0 Å². The van der Waals surface area contributed by atoms with Gasteiger partial charge < -0.3 is 0 Å². The highest BCUT2D eigenvalue weighted by atomic mass is 35.5. The molecule has 5 heteroatoms. The lowest BCUT2D eigenvalue weighted by atomic mass is 10.1. The molecule has 2 rings (SSSR count). The van der Waals surface area contributed by atoms with Crippen LogP contribution in [0.15, 0.2) is 35.6 Å². The standard InChI is InChI=1S/C14H14Cl2N2S/c1-9(2)12-13(16)17-8-18-14(12)19-7-10-3-5-11(15)6-4-10/h3-6,8-9H,7H2,1-2H3. The maximum Gasteiger partial charge on any atom is 0.137 e. The zero-order valence-corrected chi connectivity index (χ0v) is 13.1. The molecular weight excluding hydrogens is 299 g/mol. The Morgan fingerprint density at radius 2 is 1.79 bits per heavy atom. The van der Waals surface area contributed by atoms with Crippen LogP contribution in [0.3, 0.4) is 0 Å². The third-order valence-electron chi connectivity index (χ3n) is 2.66. The molecular formula is C14H14Cl2N2S. The van der Waals surface area contributed by atoms with E-state index in [0.29, 0.717) is 11.1 Å². The fourth-order valence-electron chi connectivity index (χ4n) is 1.69. The fraction of sp³-hybridized carbons (Fsp3) is 0.286. The number of benzene rings is 1. The summed E-state index contributed by atoms with van der Waals surface area (Å²) in [6.45, 7) is 4.19. The maximum atomic E-state index is 6.15. The van der Waals surface area contributed by atoms with Crippen LogP contribution in [0.25, 0.3) is 0 Å². The van der Waals surface area contributed by atoms with Crippen LogP contribution in [0.4, 0.5) is 0 Å². The summed E-state index contributed by atoms with van der Waals surface area (Å²) in [4.78, 5) is 8.39. The van der Waals surface area contributed by atoms with Crippen LogP contribution in [-0.4, -0.2) is 9.97 Å². The van der Waals surface area contributed by atoms with Gasteiger partial charge in [0.15, 0.2) is 0 Å². The Hall–Kier alpha value is -0.770. The van der Waals surface area contributed by atoms with Crippen molar-refractivity contribution in [2.75, 3.05) is 0 Å². The molecule has 0 unspecified atom stereocenters. The van der Waals surface area contributed by atoms with Crippen LogP contribution in [0.2, 0.25) is 10.2 Å². The molecule has 0 aliphatic rings. The van der Waals surface area contributed by atoms with Gasteiger partial charge in [-0.3, -0.25) is 0 Å². The van der Waals surface area contributed by atoms with Crippen LogP contribution < -0.4 is 0 Å². The summed E-state index contributed by atoms with van der Waals surface area (Å²) < 4.78 is 0. The first-order valence-electron chi connectivity index (χ1n) is 5.95. The van der Waals surface area contributed by atoms with Crippen molar-refractivity contribution in [3.05, 3.63) is 51.9 Å². The molecule has 0 saturated heterocycles. The highest BCUT2D eigenvalue weighted by Crippen LogP contribution is 2.32. The van der Waals surface area contributed by atoms with E-state index in [0.717, 1.165) is 21.4 Å². The van der Waals surface area contributed by atoms with Crippen LogP contribution >= 0.6 is 35.0 Å². The second-order valence-corrected chi connectivity index (χ2v) is 6.21. The van der Waals surface area contributed by atoms with E-state index < -0.39 is 0 Å². The second kappa shape index (κ2) is 6.60. The number of aromatic nitrogens is 2. The minimum Gasteiger partial charge on any atom is -0.230 e. The van der Waals surface area contributed by atoms with Crippen molar-refractivity contribution in [3.63, 3.8) is 0 Å². The molecule has 0 fully saturated rings. The minimum atomic E-state index is 0.307. The summed E-state index contributed by atoms with van der Waals surface area (Å²) in [6, 6.07) is 7.84. The molecule has 0 atom stereocenters. The van der Waals surface area contributed by atoms with Gasteiger partial charge >= 0.3 is 0 Å². The molecule has 0 amide bonds. The number of halogens is 2. The zero-order valence-electron chi connectivity index (χ0n) is 10.7. The lowest BCUT2D eigenvalue weighted by Crippen LogP contribution is -1.98. The quantitative estimate of drug-likeness (QED) is 0.573. The average molecular weight is 313 g/mol. The molecule has 0 bridgehead atoms. The van der Waals surface area contributed by atoms with E-state index >= 15 is 0 Å². The first-order valence-corrected chi connectivity index (χ1v) is 7.69. The minimum absolute atomic E-state index is 0.307. The van der Waals surface area contributed by atoms with E-state index in [2.05, 4.69) is 23.8 Å². The highest BCUT2D eigenvalue weighted by Gasteiger charge is 2.13. The molecule has 0 aliphatic heterocycles. The van der Waals surface area contributed by atoms with E-state index in [9.17, 15) is 0 Å². The Bertz CT molecular complexity index is 556. The van der Waals surface area contributed by atoms with Gasteiger partial charge in [0.1, 0.15) is 16.5 Å². The lowest BCUT2D eigenvalue weighted by molar-refractivity contribution is 0.803. The predicted octanol–water partition coefficient (Wildman–Crippen LogP) is 5.20. The highest BCUT2D eigenvalue weighted by molar-refractivity contribution is 7.98. The van der Waals surface area contributed by atoms with Gasteiger partial charge in [-0.15, -0.1) is 11.8 Å². The average Bonchev–Trinajstić information content (AvgIpc) is 2.37. The molecule has 100 valence electrons. The molecule has 0 N–H and O–H groups in total. The fourth-order valence-corrected chi connectivity index (χ4v) is 3.33. The summed E-state index contributed by atoms with van der Waals surface area (Å²) in [5.74, 6) is 1.14. The van der Waals surface area contributed by atoms with E-state index in [1.54, 1.807) is 11.8 Å². The predicted molar refractivity (Wildman–Crippen MR) is 82.1 cm³/mol. The molecule has 2 aromatic rings. The van der Waals surface area contributed by atoms with Crippen molar-refractivity contribution in [1.82, 2.24) is 9.97 Å². The number of thioether (sulfide) groups is 1. The van der Waals surface area contributed by atoms with E-state index in [1.165, 1.54) is 11.9 Å². The Morgan fingerprint density at radius 1 is 1.11 bits per heavy atom. The van der Waals surface area contributed by atoms with Crippen molar-refractivity contribution in [2.45, 2.75) is 30.5 Å². The van der Waals surface area contributed by atoms with Crippen molar-refractivity contribution in [1.29, 1.82) is 0 Å². The molecule has 1 heterocycles. The SMILES string of the molecule is CC(C)c1c(Cl)ncnc1SCc1ccc(Cl)cc1. The molecule has 0 spiro atoms. The molecule has 0 saturated carbocycles. The smallest absolute Gasteiger partial charge is 0.137 e. The largest absolute Gasteiger partial charge is 0.230 e. The summed E-state index contributed by atoms with van der Waals surface area (Å²) in [7, 11) is 0. The summed E-state index contributed by atoms with van der Waals surface area (Å²) >= 11 is 13.7. The maximum absolute atomic E-state index is 6.15. The Balaban J connectivity index is 2.15. The second-order valence-electron chi connectivity index (χ2n) is 4.45. The van der Waals surface area contributed by atoms with Gasteiger partial charge in [-0.25, -0.2) is 9.97 Å². The van der Waals surface area contributed by atoms with Crippen LogP contribution in [-0.2, 0) is 5.75 Å². The van der Waals surface area contributed by atoms with Crippen molar-refractivity contribution in [2.24, 2.45) is 0 Å². The van der Waals surface area contributed by atoms with Crippen LogP contribution in [0.1, 0.15) is 30.9 Å². The van der Waals surface area contributed by atoms with Crippen LogP contribution in [0, 0.1) is 0 Å². The number of nitrogens with zero attached hydrogens (tertiary/aromatic N) is 2. The van der Waals surface area contributed by atoms with Crippen molar-refractivity contribution in [3.8, 4) is 0 Å². The van der Waals surface area contributed by atoms with Gasteiger partial charge in [0.2, 0.25) is 0 Å². The third kappa shape index (κ3) is 3.85. The lowest BCUT2D eigenvalue weighted by Gasteiger charge is -2.12. The zero-order chi connectivity index (χ0) is 13.8. The third-order valence-corrected chi connectivity index (χ3v) is 4.29. The number of hydrogen-bond donors (Lipinski definition) is 0. The molecule has 0 aliphatic carbocycles. The molecule has 0 radical (unpaired) electrons. The first kappa shape index (κ1) is 14.6. The number of hydrogen-bond acceptors (Lipinski definition) is 3. The number of rotatable bonds is 4. The molecule has 2 nitrogen and oxygen atoms in total. The van der Waals surface area contributed by atoms with Crippen molar-refractivity contribution >= 4 is 35.0 Å². The Labute approximate surface area is 127 Å². The first-order chi connectivity index (χ1) is 9.08. The van der Waals surface area contributed by atoms with E-state index in [1.807, 2.05) is 24.3 Å². The van der Waals surface area contributed by atoms with Gasteiger partial charge in [0.25, 0.3) is 0 Å². The van der Waals surface area contributed by atoms with Gasteiger partial charge in [0, 0.05) is 16.3 Å². The van der Waals surface area contributed by atoms with E-state index in [4.69, 9.17) is 23.2 Å².